The van der Waals surface area contributed by atoms with Crippen molar-refractivity contribution in [3.63, 3.8) is 0 Å². The molecule has 0 unspecified atom stereocenters. The molecule has 0 spiro atoms. The number of methoxy groups -OCH3 is 1. The van der Waals surface area contributed by atoms with Crippen LogP contribution in [-0.4, -0.2) is 24.8 Å². The van der Waals surface area contributed by atoms with Crippen molar-refractivity contribution in [2.75, 3.05) is 7.11 Å². The number of hydrazone groups is 1. The van der Waals surface area contributed by atoms with Crippen LogP contribution in [0.3, 0.4) is 0 Å². The number of nitrogens with one attached hydrogen (secondary N) is 2. The summed E-state index contributed by atoms with van der Waals surface area (Å²) in [5.41, 5.74) is 4.60. The normalized spacial score (nSPS) is 12.0. The molecule has 0 bridgehead atoms. The minimum atomic E-state index is -0.687. The van der Waals surface area contributed by atoms with Crippen LogP contribution in [0, 0.1) is 0 Å². The van der Waals surface area contributed by atoms with E-state index < -0.39 is 6.09 Å². The maximum absolute atomic E-state index is 12.1. The summed E-state index contributed by atoms with van der Waals surface area (Å²) < 4.78 is 10.2. The van der Waals surface area contributed by atoms with Gasteiger partial charge in [-0.25, -0.2) is 10.2 Å². The third-order valence-corrected chi connectivity index (χ3v) is 3.96. The molecule has 0 aliphatic heterocycles. The number of benzene rings is 2. The zero-order chi connectivity index (χ0) is 20.4. The molecule has 1 atom stereocenters. The predicted molar refractivity (Wildman–Crippen MR) is 107 cm³/mol. The van der Waals surface area contributed by atoms with Crippen molar-refractivity contribution in [1.29, 1.82) is 0 Å². The molecule has 0 saturated heterocycles. The van der Waals surface area contributed by atoms with Gasteiger partial charge >= 0.3 is 6.09 Å². The fourth-order valence-corrected chi connectivity index (χ4v) is 2.43. The number of hydrogen-bond acceptors (Lipinski definition) is 5. The van der Waals surface area contributed by atoms with E-state index in [2.05, 4.69) is 15.8 Å². The lowest BCUT2D eigenvalue weighted by Crippen LogP contribution is -2.29. The van der Waals surface area contributed by atoms with Crippen LogP contribution in [0.25, 0.3) is 0 Å². The van der Waals surface area contributed by atoms with Gasteiger partial charge in [0.1, 0.15) is 12.4 Å². The highest BCUT2D eigenvalue weighted by molar-refractivity contribution is 6.00. The van der Waals surface area contributed by atoms with E-state index in [0.717, 1.165) is 16.9 Å². The maximum Gasteiger partial charge on any atom is 0.428 e. The van der Waals surface area contributed by atoms with E-state index >= 15 is 0 Å². The van der Waals surface area contributed by atoms with Crippen LogP contribution in [0.1, 0.15) is 37.4 Å². The number of carbonyl (C=O) groups is 2. The third-order valence-electron chi connectivity index (χ3n) is 3.96. The Morgan fingerprint density at radius 2 is 1.75 bits per heavy atom. The van der Waals surface area contributed by atoms with Gasteiger partial charge < -0.3 is 14.8 Å². The fourth-order valence-electron chi connectivity index (χ4n) is 2.43. The first-order valence-electron chi connectivity index (χ1n) is 8.91. The van der Waals surface area contributed by atoms with Gasteiger partial charge in [0.2, 0.25) is 5.91 Å². The summed E-state index contributed by atoms with van der Waals surface area (Å²) in [5.74, 6) is 0.555. The Morgan fingerprint density at radius 1 is 1.07 bits per heavy atom. The van der Waals surface area contributed by atoms with Crippen molar-refractivity contribution < 1.29 is 19.1 Å². The monoisotopic (exact) mass is 383 g/mol. The average molecular weight is 383 g/mol. The molecule has 28 heavy (non-hydrogen) atoms. The quantitative estimate of drug-likeness (QED) is 0.539. The molecule has 2 aromatic carbocycles. The van der Waals surface area contributed by atoms with Crippen LogP contribution in [0.15, 0.2) is 59.7 Å². The van der Waals surface area contributed by atoms with E-state index in [-0.39, 0.29) is 25.0 Å². The molecule has 2 aromatic rings. The molecular weight excluding hydrogens is 358 g/mol. The summed E-state index contributed by atoms with van der Waals surface area (Å²) >= 11 is 0. The highest BCUT2D eigenvalue weighted by atomic mass is 16.6. The Morgan fingerprint density at radius 3 is 2.39 bits per heavy atom. The first-order valence-corrected chi connectivity index (χ1v) is 8.91. The number of ether oxygens (including phenoxy) is 2. The van der Waals surface area contributed by atoms with E-state index in [4.69, 9.17) is 9.47 Å². The molecule has 0 aliphatic rings. The Kier molecular flexibility index (Phi) is 8.02. The van der Waals surface area contributed by atoms with Gasteiger partial charge in [0.05, 0.1) is 19.6 Å². The lowest BCUT2D eigenvalue weighted by atomic mass is 10.1. The smallest absolute Gasteiger partial charge is 0.428 e. The molecule has 0 radical (unpaired) electrons. The van der Waals surface area contributed by atoms with Crippen molar-refractivity contribution in [3.8, 4) is 5.75 Å². The van der Waals surface area contributed by atoms with Crippen LogP contribution in [0.5, 0.6) is 5.75 Å². The van der Waals surface area contributed by atoms with E-state index in [9.17, 15) is 9.59 Å². The Balaban J connectivity index is 1.73. The number of rotatable bonds is 8. The SMILES string of the molecule is COc1ccc(COC(=O)N/N=C(/C)CC(=O)N[C@H](C)c2ccccc2)cc1. The van der Waals surface area contributed by atoms with Crippen molar-refractivity contribution in [3.05, 3.63) is 65.7 Å². The zero-order valence-corrected chi connectivity index (χ0v) is 16.3. The fraction of sp³-hybridized carbons (Fsp3) is 0.286. The van der Waals surface area contributed by atoms with Crippen molar-refractivity contribution in [1.82, 2.24) is 10.7 Å². The summed E-state index contributed by atoms with van der Waals surface area (Å²) in [6.07, 6.45) is -0.608. The maximum atomic E-state index is 12.1. The van der Waals surface area contributed by atoms with Crippen LogP contribution >= 0.6 is 0 Å². The largest absolute Gasteiger partial charge is 0.497 e. The lowest BCUT2D eigenvalue weighted by molar-refractivity contribution is -0.120. The first-order chi connectivity index (χ1) is 13.5. The van der Waals surface area contributed by atoms with Crippen LogP contribution in [0.2, 0.25) is 0 Å². The van der Waals surface area contributed by atoms with Gasteiger partial charge in [-0.3, -0.25) is 4.79 Å². The Hall–Kier alpha value is -3.35. The van der Waals surface area contributed by atoms with Gasteiger partial charge in [0.25, 0.3) is 0 Å². The van der Waals surface area contributed by atoms with E-state index in [0.29, 0.717) is 5.71 Å². The molecule has 2 N–H and O–H groups in total. The molecule has 148 valence electrons. The number of hydrogen-bond donors (Lipinski definition) is 2. The second-order valence-corrected chi connectivity index (χ2v) is 6.26. The van der Waals surface area contributed by atoms with Gasteiger partial charge in [0.15, 0.2) is 0 Å². The second-order valence-electron chi connectivity index (χ2n) is 6.26. The summed E-state index contributed by atoms with van der Waals surface area (Å²) in [5, 5.41) is 6.79. The van der Waals surface area contributed by atoms with Crippen LogP contribution < -0.4 is 15.5 Å². The van der Waals surface area contributed by atoms with E-state index in [1.54, 1.807) is 38.3 Å². The predicted octanol–water partition coefficient (Wildman–Crippen LogP) is 3.56. The summed E-state index contributed by atoms with van der Waals surface area (Å²) in [7, 11) is 1.59. The summed E-state index contributed by atoms with van der Waals surface area (Å²) in [4.78, 5) is 23.8. The van der Waals surface area contributed by atoms with E-state index in [1.165, 1.54) is 0 Å². The molecule has 0 heterocycles. The van der Waals surface area contributed by atoms with Gasteiger partial charge in [-0.2, -0.15) is 5.10 Å². The summed E-state index contributed by atoms with van der Waals surface area (Å²) in [6.45, 7) is 3.69. The molecule has 7 heteroatoms. The van der Waals surface area contributed by atoms with Crippen molar-refractivity contribution in [2.45, 2.75) is 32.9 Å². The molecular formula is C21H25N3O4. The summed E-state index contributed by atoms with van der Waals surface area (Å²) in [6, 6.07) is 16.7. The highest BCUT2D eigenvalue weighted by Gasteiger charge is 2.10. The van der Waals surface area contributed by atoms with Gasteiger partial charge in [-0.1, -0.05) is 42.5 Å². The Labute approximate surface area is 164 Å². The number of carbonyl (C=O) groups excluding carboxylic acids is 2. The standard InChI is InChI=1S/C21H25N3O4/c1-15(13-20(25)22-16(2)18-7-5-4-6-8-18)23-24-21(26)28-14-17-9-11-19(27-3)12-10-17/h4-12,16H,13-14H2,1-3H3,(H,22,25)(H,24,26)/b23-15-/t16-/m1/s1. The number of nitrogens with zero attached hydrogens (tertiary/aromatic N) is 1. The molecule has 0 saturated carbocycles. The van der Waals surface area contributed by atoms with Gasteiger partial charge in [0, 0.05) is 5.71 Å². The van der Waals surface area contributed by atoms with Gasteiger partial charge in [-0.15, -0.1) is 0 Å². The van der Waals surface area contributed by atoms with Crippen molar-refractivity contribution in [2.24, 2.45) is 5.10 Å². The molecule has 2 rings (SSSR count). The molecule has 7 nitrogen and oxygen atoms in total. The minimum absolute atomic E-state index is 0.0793. The molecule has 2 amide bonds. The number of amides is 2. The average Bonchev–Trinajstić information content (AvgIpc) is 2.71. The van der Waals surface area contributed by atoms with Crippen LogP contribution in [0.4, 0.5) is 4.79 Å². The molecule has 0 aliphatic carbocycles. The zero-order valence-electron chi connectivity index (χ0n) is 16.3. The van der Waals surface area contributed by atoms with E-state index in [1.807, 2.05) is 37.3 Å². The highest BCUT2D eigenvalue weighted by Crippen LogP contribution is 2.12. The Bertz CT molecular complexity index is 804. The third kappa shape index (κ3) is 7.11. The van der Waals surface area contributed by atoms with Gasteiger partial charge in [-0.05, 0) is 37.1 Å². The molecule has 0 aromatic heterocycles. The van der Waals surface area contributed by atoms with Crippen molar-refractivity contribution >= 4 is 17.7 Å². The molecule has 0 fully saturated rings. The second kappa shape index (κ2) is 10.7. The lowest BCUT2D eigenvalue weighted by Gasteiger charge is -2.14. The first kappa shape index (κ1) is 21.0. The minimum Gasteiger partial charge on any atom is -0.497 e. The topological polar surface area (TPSA) is 89.0 Å². The van der Waals surface area contributed by atoms with Crippen LogP contribution in [-0.2, 0) is 16.1 Å².